The van der Waals surface area contributed by atoms with Crippen LogP contribution in [0.4, 0.5) is 0 Å². The van der Waals surface area contributed by atoms with E-state index < -0.39 is 0 Å². The highest BCUT2D eigenvalue weighted by Crippen LogP contribution is 2.25. The third-order valence-electron chi connectivity index (χ3n) is 3.34. The molecule has 0 saturated carbocycles. The topological polar surface area (TPSA) is 41.6 Å². The number of H-pyrrole nitrogens is 1. The Kier molecular flexibility index (Phi) is 2.44. The molecular formula is C13H15N3. The zero-order valence-corrected chi connectivity index (χ0v) is 9.19. The Morgan fingerprint density at radius 2 is 2.38 bits per heavy atom. The minimum Gasteiger partial charge on any atom is -0.351 e. The van der Waals surface area contributed by atoms with Gasteiger partial charge in [-0.05, 0) is 43.2 Å². The number of hydrogen-bond donors (Lipinski definition) is 1. The minimum absolute atomic E-state index is 0.700. The molecule has 3 nitrogen and oxygen atoms in total. The molecule has 2 aromatic heterocycles. The molecule has 0 fully saturated rings. The molecule has 0 aromatic carbocycles. The van der Waals surface area contributed by atoms with Crippen LogP contribution in [0, 0.1) is 5.92 Å². The molecule has 82 valence electrons. The van der Waals surface area contributed by atoms with Gasteiger partial charge in [0.15, 0.2) is 0 Å². The summed E-state index contributed by atoms with van der Waals surface area (Å²) >= 11 is 0. The predicted molar refractivity (Wildman–Crippen MR) is 62.0 cm³/mol. The first-order chi connectivity index (χ1) is 7.92. The average molecular weight is 213 g/mol. The number of aromatic nitrogens is 3. The maximum absolute atomic E-state index is 4.47. The van der Waals surface area contributed by atoms with Crippen LogP contribution in [0.3, 0.4) is 0 Å². The van der Waals surface area contributed by atoms with Gasteiger partial charge in [-0.2, -0.15) is 0 Å². The maximum Gasteiger partial charge on any atom is 0.0923 e. The van der Waals surface area contributed by atoms with Crippen LogP contribution >= 0.6 is 0 Å². The number of imidazole rings is 1. The van der Waals surface area contributed by atoms with Crippen molar-refractivity contribution >= 4 is 0 Å². The molecule has 2 heterocycles. The largest absolute Gasteiger partial charge is 0.351 e. The first-order valence-corrected chi connectivity index (χ1v) is 5.82. The molecule has 1 aliphatic rings. The minimum atomic E-state index is 0.700. The maximum atomic E-state index is 4.47. The van der Waals surface area contributed by atoms with Gasteiger partial charge in [0.05, 0.1) is 12.0 Å². The number of nitrogens with one attached hydrogen (secondary N) is 1. The van der Waals surface area contributed by atoms with Gasteiger partial charge in [-0.3, -0.25) is 4.98 Å². The van der Waals surface area contributed by atoms with Crippen molar-refractivity contribution in [3.8, 4) is 0 Å². The molecule has 1 aliphatic carbocycles. The Balaban J connectivity index is 1.73. The van der Waals surface area contributed by atoms with Crippen molar-refractivity contribution in [2.75, 3.05) is 0 Å². The molecule has 0 spiro atoms. The zero-order chi connectivity index (χ0) is 10.8. The SMILES string of the molecule is c1cnc2c(c1)CCC(Cc1c[nH]cn1)C2. The van der Waals surface area contributed by atoms with Crippen molar-refractivity contribution in [3.63, 3.8) is 0 Å². The van der Waals surface area contributed by atoms with Crippen LogP contribution in [0.25, 0.3) is 0 Å². The van der Waals surface area contributed by atoms with Crippen molar-refractivity contribution in [2.24, 2.45) is 5.92 Å². The molecule has 0 radical (unpaired) electrons. The number of aromatic amines is 1. The summed E-state index contributed by atoms with van der Waals surface area (Å²) in [5.74, 6) is 0.700. The van der Waals surface area contributed by atoms with Gasteiger partial charge in [0.25, 0.3) is 0 Å². The van der Waals surface area contributed by atoms with E-state index in [-0.39, 0.29) is 0 Å². The molecular weight excluding hydrogens is 198 g/mol. The van der Waals surface area contributed by atoms with Gasteiger partial charge in [0.1, 0.15) is 0 Å². The third-order valence-corrected chi connectivity index (χ3v) is 3.34. The first kappa shape index (κ1) is 9.58. The van der Waals surface area contributed by atoms with Gasteiger partial charge in [-0.1, -0.05) is 6.07 Å². The van der Waals surface area contributed by atoms with E-state index in [2.05, 4.69) is 21.0 Å². The lowest BCUT2D eigenvalue weighted by Gasteiger charge is -2.22. The molecule has 0 amide bonds. The highest BCUT2D eigenvalue weighted by Gasteiger charge is 2.19. The smallest absolute Gasteiger partial charge is 0.0923 e. The fourth-order valence-electron chi connectivity index (χ4n) is 2.49. The second-order valence-corrected chi connectivity index (χ2v) is 4.48. The monoisotopic (exact) mass is 213 g/mol. The second kappa shape index (κ2) is 4.08. The standard InChI is InChI=1S/C13H15N3/c1-2-11-4-3-10(7-13(11)15-5-1)6-12-8-14-9-16-12/h1-2,5,8-10H,3-4,6-7H2,(H,14,16). The fraction of sp³-hybridized carbons (Fsp3) is 0.385. The molecule has 1 atom stereocenters. The summed E-state index contributed by atoms with van der Waals surface area (Å²) in [6, 6.07) is 4.24. The zero-order valence-electron chi connectivity index (χ0n) is 9.19. The summed E-state index contributed by atoms with van der Waals surface area (Å²) in [6.45, 7) is 0. The van der Waals surface area contributed by atoms with Gasteiger partial charge >= 0.3 is 0 Å². The molecule has 1 unspecified atom stereocenters. The lowest BCUT2D eigenvalue weighted by atomic mass is 9.84. The number of pyridine rings is 1. The van der Waals surface area contributed by atoms with Crippen molar-refractivity contribution < 1.29 is 0 Å². The van der Waals surface area contributed by atoms with Crippen LogP contribution < -0.4 is 0 Å². The van der Waals surface area contributed by atoms with Gasteiger partial charge in [0, 0.05) is 18.1 Å². The van der Waals surface area contributed by atoms with Crippen LogP contribution in [-0.4, -0.2) is 15.0 Å². The van der Waals surface area contributed by atoms with Crippen LogP contribution in [0.2, 0.25) is 0 Å². The quantitative estimate of drug-likeness (QED) is 0.830. The van der Waals surface area contributed by atoms with Crippen molar-refractivity contribution in [3.05, 3.63) is 47.8 Å². The van der Waals surface area contributed by atoms with Crippen molar-refractivity contribution in [1.82, 2.24) is 15.0 Å². The summed E-state index contributed by atoms with van der Waals surface area (Å²) in [5.41, 5.74) is 3.89. The van der Waals surface area contributed by atoms with Crippen molar-refractivity contribution in [2.45, 2.75) is 25.7 Å². The molecule has 0 aliphatic heterocycles. The van der Waals surface area contributed by atoms with Crippen LogP contribution in [0.1, 0.15) is 23.4 Å². The predicted octanol–water partition coefficient (Wildman–Crippen LogP) is 2.15. The Bertz CT molecular complexity index is 462. The highest BCUT2D eigenvalue weighted by molar-refractivity contribution is 5.23. The molecule has 3 rings (SSSR count). The normalized spacial score (nSPS) is 19.4. The summed E-state index contributed by atoms with van der Waals surface area (Å²) in [7, 11) is 0. The Hall–Kier alpha value is -1.64. The Labute approximate surface area is 95.0 Å². The summed E-state index contributed by atoms with van der Waals surface area (Å²) in [5, 5.41) is 0. The fourth-order valence-corrected chi connectivity index (χ4v) is 2.49. The van der Waals surface area contributed by atoms with Gasteiger partial charge in [0.2, 0.25) is 0 Å². The van der Waals surface area contributed by atoms with E-state index in [1.807, 2.05) is 18.5 Å². The number of rotatable bonds is 2. The van der Waals surface area contributed by atoms with Crippen molar-refractivity contribution in [1.29, 1.82) is 0 Å². The van der Waals surface area contributed by atoms with E-state index >= 15 is 0 Å². The van der Waals surface area contributed by atoms with Crippen LogP contribution in [0.5, 0.6) is 0 Å². The molecule has 2 aromatic rings. The number of hydrogen-bond acceptors (Lipinski definition) is 2. The van der Waals surface area contributed by atoms with Crippen LogP contribution in [0.15, 0.2) is 30.9 Å². The first-order valence-electron chi connectivity index (χ1n) is 5.82. The molecule has 0 saturated heterocycles. The third kappa shape index (κ3) is 1.85. The highest BCUT2D eigenvalue weighted by atomic mass is 14.9. The van der Waals surface area contributed by atoms with E-state index in [1.54, 1.807) is 6.33 Å². The van der Waals surface area contributed by atoms with Gasteiger partial charge in [-0.25, -0.2) is 4.98 Å². The second-order valence-electron chi connectivity index (χ2n) is 4.48. The number of nitrogens with zero attached hydrogens (tertiary/aromatic N) is 2. The van der Waals surface area contributed by atoms with E-state index in [0.29, 0.717) is 5.92 Å². The van der Waals surface area contributed by atoms with E-state index in [0.717, 1.165) is 19.3 Å². The number of fused-ring (bicyclic) bond motifs is 1. The van der Waals surface area contributed by atoms with E-state index in [4.69, 9.17) is 0 Å². The van der Waals surface area contributed by atoms with Crippen LogP contribution in [-0.2, 0) is 19.3 Å². The molecule has 0 bridgehead atoms. The molecule has 16 heavy (non-hydrogen) atoms. The Morgan fingerprint density at radius 1 is 1.38 bits per heavy atom. The Morgan fingerprint density at radius 3 is 3.25 bits per heavy atom. The molecule has 3 heteroatoms. The lowest BCUT2D eigenvalue weighted by Crippen LogP contribution is -2.17. The lowest BCUT2D eigenvalue weighted by molar-refractivity contribution is 0.445. The summed E-state index contributed by atoms with van der Waals surface area (Å²) < 4.78 is 0. The average Bonchev–Trinajstić information content (AvgIpc) is 2.82. The van der Waals surface area contributed by atoms with Gasteiger partial charge in [-0.15, -0.1) is 0 Å². The molecule has 1 N–H and O–H groups in total. The number of aryl methyl sites for hydroxylation is 1. The van der Waals surface area contributed by atoms with Gasteiger partial charge < -0.3 is 4.98 Å². The van der Waals surface area contributed by atoms with E-state index in [1.165, 1.54) is 23.4 Å². The summed E-state index contributed by atoms with van der Waals surface area (Å²) in [6.07, 6.45) is 10.2. The van der Waals surface area contributed by atoms with E-state index in [9.17, 15) is 0 Å². The summed E-state index contributed by atoms with van der Waals surface area (Å²) in [4.78, 5) is 11.8.